The number of nitriles is 1. The van der Waals surface area contributed by atoms with Crippen molar-refractivity contribution in [2.45, 2.75) is 6.42 Å². The predicted octanol–water partition coefficient (Wildman–Crippen LogP) is 1.53. The normalized spacial score (nSPS) is 13.1. The lowest BCUT2D eigenvalue weighted by Crippen LogP contribution is -2.15. The molecule has 0 N–H and O–H groups in total. The third kappa shape index (κ3) is 1.82. The van der Waals surface area contributed by atoms with Gasteiger partial charge < -0.3 is 14.2 Å². The molecule has 0 aliphatic carbocycles. The third-order valence-electron chi connectivity index (χ3n) is 2.21. The summed E-state index contributed by atoms with van der Waals surface area (Å²) in [5.41, 5.74) is 0.823. The van der Waals surface area contributed by atoms with Gasteiger partial charge in [0.2, 0.25) is 0 Å². The van der Waals surface area contributed by atoms with Gasteiger partial charge >= 0.3 is 0 Å². The Labute approximate surface area is 88.0 Å². The minimum absolute atomic E-state index is 0.305. The summed E-state index contributed by atoms with van der Waals surface area (Å²) in [5, 5.41) is 8.67. The molecule has 4 nitrogen and oxygen atoms in total. The second kappa shape index (κ2) is 4.09. The molecule has 0 saturated heterocycles. The van der Waals surface area contributed by atoms with Crippen molar-refractivity contribution in [2.75, 3.05) is 20.3 Å². The number of benzene rings is 1. The first kappa shape index (κ1) is 9.66. The van der Waals surface area contributed by atoms with Gasteiger partial charge in [-0.25, -0.2) is 0 Å². The highest BCUT2D eigenvalue weighted by molar-refractivity contribution is 5.52. The summed E-state index contributed by atoms with van der Waals surface area (Å²) in [7, 11) is 1.58. The van der Waals surface area contributed by atoms with Crippen LogP contribution in [0.5, 0.6) is 17.2 Å². The van der Waals surface area contributed by atoms with Crippen LogP contribution in [0.1, 0.15) is 5.56 Å². The van der Waals surface area contributed by atoms with Crippen LogP contribution < -0.4 is 14.2 Å². The minimum atomic E-state index is 0.305. The Morgan fingerprint density at radius 2 is 2.00 bits per heavy atom. The van der Waals surface area contributed by atoms with E-state index >= 15 is 0 Å². The molecular weight excluding hydrogens is 194 g/mol. The van der Waals surface area contributed by atoms with E-state index in [1.165, 1.54) is 0 Å². The predicted molar refractivity (Wildman–Crippen MR) is 53.3 cm³/mol. The number of rotatable bonds is 2. The van der Waals surface area contributed by atoms with Crippen molar-refractivity contribution in [3.63, 3.8) is 0 Å². The SMILES string of the molecule is COc1cc2c(cc1CC#N)OCCO2. The maximum atomic E-state index is 8.67. The fraction of sp³-hybridized carbons (Fsp3) is 0.364. The molecule has 1 aromatic rings. The first-order valence-corrected chi connectivity index (χ1v) is 4.68. The number of ether oxygens (including phenoxy) is 3. The second-order valence-corrected chi connectivity index (χ2v) is 3.14. The summed E-state index contributed by atoms with van der Waals surface area (Å²) in [6.45, 7) is 1.10. The maximum absolute atomic E-state index is 8.67. The molecule has 0 radical (unpaired) electrons. The summed E-state index contributed by atoms with van der Waals surface area (Å²) in [6.07, 6.45) is 0.305. The van der Waals surface area contributed by atoms with Gasteiger partial charge in [-0.2, -0.15) is 5.26 Å². The first-order valence-electron chi connectivity index (χ1n) is 4.68. The van der Waals surface area contributed by atoms with Gasteiger partial charge in [-0.1, -0.05) is 0 Å². The lowest BCUT2D eigenvalue weighted by Gasteiger charge is -2.20. The lowest BCUT2D eigenvalue weighted by atomic mass is 10.1. The third-order valence-corrected chi connectivity index (χ3v) is 2.21. The number of nitrogens with zero attached hydrogens (tertiary/aromatic N) is 1. The van der Waals surface area contributed by atoms with Gasteiger partial charge in [0.25, 0.3) is 0 Å². The Bertz CT molecular complexity index is 409. The molecule has 1 aromatic carbocycles. The zero-order valence-electron chi connectivity index (χ0n) is 8.45. The summed E-state index contributed by atoms with van der Waals surface area (Å²) in [4.78, 5) is 0. The molecule has 1 heterocycles. The molecule has 0 amide bonds. The summed E-state index contributed by atoms with van der Waals surface area (Å²) in [6, 6.07) is 5.66. The molecule has 4 heteroatoms. The van der Waals surface area contributed by atoms with Crippen LogP contribution in [0.25, 0.3) is 0 Å². The fourth-order valence-corrected chi connectivity index (χ4v) is 1.53. The van der Waals surface area contributed by atoms with Crippen LogP contribution in [0.2, 0.25) is 0 Å². The van der Waals surface area contributed by atoms with Crippen LogP contribution in [-0.4, -0.2) is 20.3 Å². The van der Waals surface area contributed by atoms with E-state index in [1.807, 2.05) is 0 Å². The average molecular weight is 205 g/mol. The Morgan fingerprint density at radius 1 is 1.33 bits per heavy atom. The van der Waals surface area contributed by atoms with Crippen LogP contribution in [-0.2, 0) is 6.42 Å². The van der Waals surface area contributed by atoms with Crippen LogP contribution >= 0.6 is 0 Å². The van der Waals surface area contributed by atoms with Crippen molar-refractivity contribution in [1.82, 2.24) is 0 Å². The maximum Gasteiger partial charge on any atom is 0.165 e. The van der Waals surface area contributed by atoms with E-state index < -0.39 is 0 Å². The zero-order valence-corrected chi connectivity index (χ0v) is 8.45. The number of hydrogen-bond acceptors (Lipinski definition) is 4. The molecule has 1 aliphatic rings. The highest BCUT2D eigenvalue weighted by atomic mass is 16.6. The van der Waals surface area contributed by atoms with Crippen molar-refractivity contribution < 1.29 is 14.2 Å². The Hall–Kier alpha value is -1.89. The quantitative estimate of drug-likeness (QED) is 0.734. The van der Waals surface area contributed by atoms with Gasteiger partial charge in [-0.05, 0) is 6.07 Å². The van der Waals surface area contributed by atoms with E-state index in [4.69, 9.17) is 19.5 Å². The Kier molecular flexibility index (Phi) is 2.64. The largest absolute Gasteiger partial charge is 0.496 e. The number of hydrogen-bond donors (Lipinski definition) is 0. The first-order chi connectivity index (χ1) is 7.35. The van der Waals surface area contributed by atoms with Gasteiger partial charge in [-0.3, -0.25) is 0 Å². The molecule has 15 heavy (non-hydrogen) atoms. The Balaban J connectivity index is 2.42. The van der Waals surface area contributed by atoms with Crippen LogP contribution in [0.4, 0.5) is 0 Å². The topological polar surface area (TPSA) is 51.5 Å². The smallest absolute Gasteiger partial charge is 0.165 e. The molecule has 0 atom stereocenters. The summed E-state index contributed by atoms with van der Waals surface area (Å²) in [5.74, 6) is 2.04. The van der Waals surface area contributed by atoms with E-state index in [9.17, 15) is 0 Å². The molecule has 2 rings (SSSR count). The van der Waals surface area contributed by atoms with Crippen molar-refractivity contribution in [2.24, 2.45) is 0 Å². The van der Waals surface area contributed by atoms with Crippen LogP contribution in [0.15, 0.2) is 12.1 Å². The Morgan fingerprint density at radius 3 is 2.60 bits per heavy atom. The molecular formula is C11H11NO3. The number of fused-ring (bicyclic) bond motifs is 1. The monoisotopic (exact) mass is 205 g/mol. The molecule has 1 aliphatic heterocycles. The summed E-state index contributed by atoms with van der Waals surface area (Å²) >= 11 is 0. The fourth-order valence-electron chi connectivity index (χ4n) is 1.53. The van der Waals surface area contributed by atoms with Crippen LogP contribution in [0, 0.1) is 11.3 Å². The summed E-state index contributed by atoms with van der Waals surface area (Å²) < 4.78 is 16.0. The van der Waals surface area contributed by atoms with Gasteiger partial charge in [0.05, 0.1) is 19.6 Å². The molecule has 0 aromatic heterocycles. The van der Waals surface area contributed by atoms with E-state index in [-0.39, 0.29) is 0 Å². The van der Waals surface area contributed by atoms with E-state index in [0.29, 0.717) is 36.9 Å². The molecule has 78 valence electrons. The molecule has 0 saturated carbocycles. The van der Waals surface area contributed by atoms with E-state index in [0.717, 1.165) is 5.56 Å². The second-order valence-electron chi connectivity index (χ2n) is 3.14. The average Bonchev–Trinajstić information content (AvgIpc) is 2.28. The van der Waals surface area contributed by atoms with Gasteiger partial charge in [0.1, 0.15) is 19.0 Å². The molecule has 0 unspecified atom stereocenters. The molecule has 0 fully saturated rings. The molecule has 0 bridgehead atoms. The van der Waals surface area contributed by atoms with Gasteiger partial charge in [-0.15, -0.1) is 0 Å². The van der Waals surface area contributed by atoms with Crippen molar-refractivity contribution in [3.05, 3.63) is 17.7 Å². The number of methoxy groups -OCH3 is 1. The highest BCUT2D eigenvalue weighted by Crippen LogP contribution is 2.36. The van der Waals surface area contributed by atoms with E-state index in [1.54, 1.807) is 19.2 Å². The lowest BCUT2D eigenvalue weighted by molar-refractivity contribution is 0.170. The van der Waals surface area contributed by atoms with Crippen molar-refractivity contribution in [1.29, 1.82) is 5.26 Å². The zero-order chi connectivity index (χ0) is 10.7. The van der Waals surface area contributed by atoms with Crippen LogP contribution in [0.3, 0.4) is 0 Å². The van der Waals surface area contributed by atoms with Gasteiger partial charge in [0, 0.05) is 11.6 Å². The van der Waals surface area contributed by atoms with Gasteiger partial charge in [0.15, 0.2) is 11.5 Å². The standard InChI is InChI=1S/C11H11NO3/c1-13-9-7-11-10(14-4-5-15-11)6-8(9)2-3-12/h6-7H,2,4-5H2,1H3. The van der Waals surface area contributed by atoms with Crippen molar-refractivity contribution in [3.8, 4) is 23.3 Å². The highest BCUT2D eigenvalue weighted by Gasteiger charge is 2.15. The minimum Gasteiger partial charge on any atom is -0.496 e. The van der Waals surface area contributed by atoms with Crippen molar-refractivity contribution >= 4 is 0 Å². The van der Waals surface area contributed by atoms with E-state index in [2.05, 4.69) is 6.07 Å². The molecule has 0 spiro atoms.